The van der Waals surface area contributed by atoms with E-state index in [9.17, 15) is 13.2 Å². The second-order valence-corrected chi connectivity index (χ2v) is 8.54. The number of alkyl halides is 2. The molecular weight excluding hydrogens is 405 g/mol. The van der Waals surface area contributed by atoms with Gasteiger partial charge in [0.25, 0.3) is 6.43 Å². The van der Waals surface area contributed by atoms with E-state index in [1.165, 1.54) is 12.1 Å². The van der Waals surface area contributed by atoms with Gasteiger partial charge in [-0.05, 0) is 31.5 Å². The fourth-order valence-electron chi connectivity index (χ4n) is 4.52. The number of hydrogen-bond donors (Lipinski definition) is 1. The fraction of sp³-hybridized carbons (Fsp3) is 0.391. The zero-order chi connectivity index (χ0) is 21.6. The molecule has 1 N–H and O–H groups in total. The first-order valence-corrected chi connectivity index (χ1v) is 10.4. The number of hydrogen-bond acceptors (Lipinski definition) is 5. The summed E-state index contributed by atoms with van der Waals surface area (Å²) in [5, 5.41) is 12.3. The van der Waals surface area contributed by atoms with Gasteiger partial charge in [-0.15, -0.1) is 0 Å². The second-order valence-electron chi connectivity index (χ2n) is 8.54. The van der Waals surface area contributed by atoms with Crippen molar-refractivity contribution in [2.75, 3.05) is 36.5 Å². The summed E-state index contributed by atoms with van der Waals surface area (Å²) in [6.45, 7) is 5.30. The maximum Gasteiger partial charge on any atom is 0.266 e. The molecule has 5 rings (SSSR count). The van der Waals surface area contributed by atoms with Gasteiger partial charge in [0.05, 0.1) is 42.2 Å². The summed E-state index contributed by atoms with van der Waals surface area (Å²) < 4.78 is 46.2. The van der Waals surface area contributed by atoms with Gasteiger partial charge >= 0.3 is 0 Å². The van der Waals surface area contributed by atoms with Crippen LogP contribution in [-0.2, 0) is 4.74 Å². The highest BCUT2D eigenvalue weighted by Gasteiger charge is 2.44. The average molecular weight is 428 g/mol. The van der Waals surface area contributed by atoms with Crippen LogP contribution < -0.4 is 10.2 Å². The molecule has 1 aromatic heterocycles. The minimum absolute atomic E-state index is 0.186. The van der Waals surface area contributed by atoms with E-state index in [1.54, 1.807) is 13.1 Å². The molecule has 1 spiro atoms. The van der Waals surface area contributed by atoms with Crippen molar-refractivity contribution in [3.8, 4) is 0 Å². The lowest BCUT2D eigenvalue weighted by Gasteiger charge is -2.37. The molecule has 0 saturated carbocycles. The van der Waals surface area contributed by atoms with Crippen LogP contribution in [0.25, 0.3) is 10.9 Å². The molecule has 0 aliphatic carbocycles. The normalized spacial score (nSPS) is 18.5. The number of nitrogens with zero attached hydrogens (tertiary/aromatic N) is 3. The predicted octanol–water partition coefficient (Wildman–Crippen LogP) is 5.11. The first-order valence-electron chi connectivity index (χ1n) is 10.4. The Bertz CT molecular complexity index is 1120. The van der Waals surface area contributed by atoms with Crippen molar-refractivity contribution in [2.24, 2.45) is 5.41 Å². The lowest BCUT2D eigenvalue weighted by atomic mass is 9.85. The van der Waals surface area contributed by atoms with E-state index in [0.717, 1.165) is 49.9 Å². The molecule has 2 saturated heterocycles. The minimum Gasteiger partial charge on any atom is -0.380 e. The number of rotatable bonds is 5. The van der Waals surface area contributed by atoms with Crippen molar-refractivity contribution in [3.63, 3.8) is 0 Å². The van der Waals surface area contributed by atoms with Gasteiger partial charge in [-0.1, -0.05) is 18.2 Å². The number of fused-ring (bicyclic) bond motifs is 1. The maximum atomic E-state index is 14.6. The molecule has 3 heterocycles. The molecule has 0 bridgehead atoms. The van der Waals surface area contributed by atoms with Crippen molar-refractivity contribution < 1.29 is 17.9 Å². The van der Waals surface area contributed by atoms with Gasteiger partial charge in [0, 0.05) is 35.1 Å². The average Bonchev–Trinajstić information content (AvgIpc) is 3.20. The lowest BCUT2D eigenvalue weighted by molar-refractivity contribution is -0.0985. The van der Waals surface area contributed by atoms with Gasteiger partial charge in [0.15, 0.2) is 0 Å². The van der Waals surface area contributed by atoms with E-state index in [-0.39, 0.29) is 11.0 Å². The minimum atomic E-state index is -2.86. The van der Waals surface area contributed by atoms with Gasteiger partial charge in [-0.25, -0.2) is 13.2 Å². The molecule has 2 aromatic carbocycles. The zero-order valence-electron chi connectivity index (χ0n) is 17.1. The number of halogens is 3. The largest absolute Gasteiger partial charge is 0.380 e. The first kappa shape index (κ1) is 20.1. The maximum absolute atomic E-state index is 14.6. The molecular formula is C23H23F3N4O. The van der Waals surface area contributed by atoms with Crippen LogP contribution in [0.15, 0.2) is 42.6 Å². The van der Waals surface area contributed by atoms with Crippen LogP contribution in [0, 0.1) is 11.2 Å². The Morgan fingerprint density at radius 2 is 1.97 bits per heavy atom. The van der Waals surface area contributed by atoms with E-state index in [1.807, 2.05) is 12.1 Å². The van der Waals surface area contributed by atoms with E-state index in [4.69, 9.17) is 4.74 Å². The topological polar surface area (TPSA) is 50.3 Å². The molecule has 0 radical (unpaired) electrons. The molecule has 0 amide bonds. The van der Waals surface area contributed by atoms with Gasteiger partial charge in [0.2, 0.25) is 0 Å². The molecule has 31 heavy (non-hydrogen) atoms. The molecule has 162 valence electrons. The SMILES string of the molecule is C[C@@H](Nc1cnnc2ccc(N3CCC4(COC4)C3)cc12)c1cccc(C(F)F)c1F. The number of aromatic nitrogens is 2. The summed E-state index contributed by atoms with van der Waals surface area (Å²) in [5.74, 6) is -0.880. The Kier molecular flexibility index (Phi) is 4.97. The van der Waals surface area contributed by atoms with Crippen molar-refractivity contribution >= 4 is 22.3 Å². The van der Waals surface area contributed by atoms with Gasteiger partial charge < -0.3 is 15.0 Å². The van der Waals surface area contributed by atoms with Crippen LogP contribution in [0.4, 0.5) is 24.5 Å². The van der Waals surface area contributed by atoms with Crippen molar-refractivity contribution in [1.82, 2.24) is 10.2 Å². The van der Waals surface area contributed by atoms with Crippen molar-refractivity contribution in [1.29, 1.82) is 0 Å². The summed E-state index contributed by atoms with van der Waals surface area (Å²) in [6.07, 6.45) is -0.160. The molecule has 8 heteroatoms. The van der Waals surface area contributed by atoms with E-state index in [2.05, 4.69) is 26.5 Å². The van der Waals surface area contributed by atoms with Crippen LogP contribution in [0.2, 0.25) is 0 Å². The van der Waals surface area contributed by atoms with E-state index >= 15 is 0 Å². The molecule has 2 fully saturated rings. The molecule has 5 nitrogen and oxygen atoms in total. The van der Waals surface area contributed by atoms with Crippen LogP contribution in [0.3, 0.4) is 0 Å². The number of ether oxygens (including phenoxy) is 1. The molecule has 3 aromatic rings. The Morgan fingerprint density at radius 3 is 2.68 bits per heavy atom. The summed E-state index contributed by atoms with van der Waals surface area (Å²) >= 11 is 0. The highest BCUT2D eigenvalue weighted by molar-refractivity contribution is 5.93. The van der Waals surface area contributed by atoms with Crippen LogP contribution in [0.1, 0.15) is 36.9 Å². The fourth-order valence-corrected chi connectivity index (χ4v) is 4.52. The number of benzene rings is 2. The monoisotopic (exact) mass is 428 g/mol. The Hall–Kier alpha value is -2.87. The van der Waals surface area contributed by atoms with E-state index < -0.39 is 23.8 Å². The third-order valence-corrected chi connectivity index (χ3v) is 6.37. The second kappa shape index (κ2) is 7.67. The standard InChI is InChI=1S/C23H23F3N4O/c1-14(16-3-2-4-17(21(16)24)22(25)26)28-20-10-27-29-19-6-5-15(9-18(19)20)30-8-7-23(11-30)12-31-13-23/h2-6,9-10,14,22H,7-8,11-13H2,1H3,(H,28,29)/t14-/m1/s1. The molecule has 0 unspecified atom stereocenters. The summed E-state index contributed by atoms with van der Waals surface area (Å²) in [5.41, 5.74) is 2.35. The zero-order valence-corrected chi connectivity index (χ0v) is 17.1. The highest BCUT2D eigenvalue weighted by atomic mass is 19.3. The smallest absolute Gasteiger partial charge is 0.266 e. The third kappa shape index (κ3) is 3.59. The van der Waals surface area contributed by atoms with Crippen molar-refractivity contribution in [3.05, 3.63) is 59.5 Å². The van der Waals surface area contributed by atoms with Gasteiger partial charge in [-0.2, -0.15) is 10.2 Å². The van der Waals surface area contributed by atoms with Gasteiger partial charge in [-0.3, -0.25) is 0 Å². The number of anilines is 2. The predicted molar refractivity (Wildman–Crippen MR) is 113 cm³/mol. The quantitative estimate of drug-likeness (QED) is 0.612. The Morgan fingerprint density at radius 1 is 1.16 bits per heavy atom. The molecule has 2 aliphatic rings. The first-order chi connectivity index (χ1) is 15.0. The Balaban J connectivity index is 1.44. The Labute approximate surface area is 178 Å². The molecule has 1 atom stereocenters. The van der Waals surface area contributed by atoms with Crippen LogP contribution in [0.5, 0.6) is 0 Å². The van der Waals surface area contributed by atoms with Gasteiger partial charge in [0.1, 0.15) is 5.82 Å². The van der Waals surface area contributed by atoms with E-state index in [0.29, 0.717) is 11.2 Å². The molecule has 2 aliphatic heterocycles. The lowest BCUT2D eigenvalue weighted by Crippen LogP contribution is -2.44. The highest BCUT2D eigenvalue weighted by Crippen LogP contribution is 2.40. The van der Waals surface area contributed by atoms with Crippen LogP contribution >= 0.6 is 0 Å². The number of nitrogens with one attached hydrogen (secondary N) is 1. The van der Waals surface area contributed by atoms with Crippen LogP contribution in [-0.4, -0.2) is 36.5 Å². The summed E-state index contributed by atoms with van der Waals surface area (Å²) in [4.78, 5) is 2.35. The van der Waals surface area contributed by atoms with Crippen molar-refractivity contribution in [2.45, 2.75) is 25.8 Å². The summed E-state index contributed by atoms with van der Waals surface area (Å²) in [7, 11) is 0. The third-order valence-electron chi connectivity index (χ3n) is 6.37. The summed E-state index contributed by atoms with van der Waals surface area (Å²) in [6, 6.07) is 9.57.